The van der Waals surface area contributed by atoms with E-state index in [1.807, 2.05) is 6.92 Å². The summed E-state index contributed by atoms with van der Waals surface area (Å²) in [6, 6.07) is 7.27. The van der Waals surface area contributed by atoms with Gasteiger partial charge in [-0.1, -0.05) is 5.16 Å². The van der Waals surface area contributed by atoms with E-state index in [4.69, 9.17) is 14.0 Å². The maximum absolute atomic E-state index is 5.25. The van der Waals surface area contributed by atoms with Gasteiger partial charge in [-0.25, -0.2) is 9.97 Å². The van der Waals surface area contributed by atoms with E-state index in [0.717, 1.165) is 5.56 Å². The molecule has 3 rings (SSSR count). The minimum Gasteiger partial charge on any atom is -0.497 e. The lowest BCUT2D eigenvalue weighted by molar-refractivity contribution is 0.394. The van der Waals surface area contributed by atoms with Crippen molar-refractivity contribution in [2.45, 2.75) is 13.0 Å². The average Bonchev–Trinajstić information content (AvgIpc) is 3.10. The Balaban J connectivity index is 1.81. The van der Waals surface area contributed by atoms with Crippen molar-refractivity contribution >= 4 is 6.01 Å². The highest BCUT2D eigenvalue weighted by Gasteiger charge is 2.15. The Morgan fingerprint density at radius 3 is 2.33 bits per heavy atom. The van der Waals surface area contributed by atoms with E-state index in [1.54, 1.807) is 50.9 Å². The van der Waals surface area contributed by atoms with Gasteiger partial charge in [-0.3, -0.25) is 0 Å². The predicted molar refractivity (Wildman–Crippen MR) is 86.9 cm³/mol. The van der Waals surface area contributed by atoms with E-state index < -0.39 is 0 Å². The Morgan fingerprint density at radius 2 is 1.71 bits per heavy atom. The Labute approximate surface area is 138 Å². The van der Waals surface area contributed by atoms with E-state index in [-0.39, 0.29) is 12.1 Å². The zero-order valence-electron chi connectivity index (χ0n) is 13.6. The average molecular weight is 327 g/mol. The van der Waals surface area contributed by atoms with Gasteiger partial charge in [0.05, 0.1) is 20.3 Å². The fourth-order valence-electron chi connectivity index (χ4n) is 2.12. The zero-order chi connectivity index (χ0) is 16.9. The molecule has 24 heavy (non-hydrogen) atoms. The molecule has 0 bridgehead atoms. The van der Waals surface area contributed by atoms with Crippen molar-refractivity contribution in [1.82, 2.24) is 20.1 Å². The van der Waals surface area contributed by atoms with E-state index in [1.165, 1.54) is 0 Å². The summed E-state index contributed by atoms with van der Waals surface area (Å²) in [6.45, 7) is 1.91. The summed E-state index contributed by atoms with van der Waals surface area (Å²) in [5.74, 6) is 2.36. The third-order valence-corrected chi connectivity index (χ3v) is 3.35. The molecule has 0 amide bonds. The topological polar surface area (TPSA) is 95.2 Å². The van der Waals surface area contributed by atoms with Gasteiger partial charge in [-0.2, -0.15) is 4.98 Å². The molecule has 0 saturated heterocycles. The third kappa shape index (κ3) is 3.43. The van der Waals surface area contributed by atoms with Crippen LogP contribution >= 0.6 is 0 Å². The van der Waals surface area contributed by atoms with Crippen molar-refractivity contribution in [3.05, 3.63) is 42.5 Å². The zero-order valence-corrected chi connectivity index (χ0v) is 13.6. The summed E-state index contributed by atoms with van der Waals surface area (Å²) < 4.78 is 15.7. The molecule has 0 fully saturated rings. The number of benzene rings is 1. The van der Waals surface area contributed by atoms with Gasteiger partial charge < -0.3 is 19.3 Å². The molecule has 0 saturated carbocycles. The molecule has 0 aliphatic carbocycles. The molecule has 0 aliphatic rings. The number of ether oxygens (including phenoxy) is 2. The summed E-state index contributed by atoms with van der Waals surface area (Å²) in [6.07, 6.45) is 3.37. The van der Waals surface area contributed by atoms with Crippen LogP contribution < -0.4 is 14.8 Å². The number of rotatable bonds is 6. The van der Waals surface area contributed by atoms with Crippen LogP contribution in [0, 0.1) is 0 Å². The van der Waals surface area contributed by atoms with E-state index in [9.17, 15) is 0 Å². The first kappa shape index (κ1) is 15.7. The van der Waals surface area contributed by atoms with Gasteiger partial charge >= 0.3 is 6.01 Å². The lowest BCUT2D eigenvalue weighted by atomic mass is 10.2. The van der Waals surface area contributed by atoms with Crippen LogP contribution in [0.5, 0.6) is 11.5 Å². The molecule has 1 aromatic carbocycles. The maximum atomic E-state index is 5.25. The predicted octanol–water partition coefficient (Wildman–Crippen LogP) is 2.72. The van der Waals surface area contributed by atoms with Gasteiger partial charge in [0.2, 0.25) is 5.82 Å². The molecule has 124 valence electrons. The summed E-state index contributed by atoms with van der Waals surface area (Å²) in [4.78, 5) is 12.7. The molecule has 2 heterocycles. The molecule has 8 heteroatoms. The molecule has 2 aromatic heterocycles. The Morgan fingerprint density at radius 1 is 1.04 bits per heavy atom. The molecule has 0 aliphatic heterocycles. The van der Waals surface area contributed by atoms with Gasteiger partial charge in [-0.15, -0.1) is 0 Å². The van der Waals surface area contributed by atoms with Crippen molar-refractivity contribution in [1.29, 1.82) is 0 Å². The molecular weight excluding hydrogens is 310 g/mol. The van der Waals surface area contributed by atoms with E-state index in [0.29, 0.717) is 23.1 Å². The van der Waals surface area contributed by atoms with Crippen LogP contribution in [0.25, 0.3) is 11.4 Å². The highest BCUT2D eigenvalue weighted by Crippen LogP contribution is 2.29. The highest BCUT2D eigenvalue weighted by molar-refractivity contribution is 5.61. The summed E-state index contributed by atoms with van der Waals surface area (Å²) in [7, 11) is 3.17. The lowest BCUT2D eigenvalue weighted by Gasteiger charge is -2.08. The Hall–Kier alpha value is -3.16. The number of nitrogens with zero attached hydrogens (tertiary/aromatic N) is 4. The number of aromatic nitrogens is 4. The second kappa shape index (κ2) is 6.95. The highest BCUT2D eigenvalue weighted by atomic mass is 16.5. The van der Waals surface area contributed by atoms with Crippen molar-refractivity contribution in [3.63, 3.8) is 0 Å². The normalized spacial score (nSPS) is 11.8. The van der Waals surface area contributed by atoms with Crippen LogP contribution in [0.3, 0.4) is 0 Å². The molecule has 0 spiro atoms. The molecule has 1 atom stereocenters. The summed E-state index contributed by atoms with van der Waals surface area (Å²) in [5, 5.41) is 7.06. The smallest absolute Gasteiger partial charge is 0.322 e. The van der Waals surface area contributed by atoms with Crippen molar-refractivity contribution in [3.8, 4) is 22.9 Å². The third-order valence-electron chi connectivity index (χ3n) is 3.35. The van der Waals surface area contributed by atoms with Crippen LogP contribution in [0.1, 0.15) is 18.8 Å². The molecule has 3 aromatic rings. The van der Waals surface area contributed by atoms with Crippen molar-refractivity contribution in [2.75, 3.05) is 19.5 Å². The van der Waals surface area contributed by atoms with Gasteiger partial charge in [0, 0.05) is 24.0 Å². The number of methoxy groups -OCH3 is 2. The van der Waals surface area contributed by atoms with Gasteiger partial charge in [0.25, 0.3) is 0 Å². The summed E-state index contributed by atoms with van der Waals surface area (Å²) in [5.41, 5.74) is 0.728. The monoisotopic (exact) mass is 327 g/mol. The number of hydrogen-bond donors (Lipinski definition) is 1. The SMILES string of the molecule is COc1cc(OC)cc(-c2noc(NC(C)c3ncccn3)n2)c1. The van der Waals surface area contributed by atoms with Crippen LogP contribution in [-0.4, -0.2) is 34.3 Å². The van der Waals surface area contributed by atoms with Crippen molar-refractivity contribution in [2.24, 2.45) is 0 Å². The number of hydrogen-bond acceptors (Lipinski definition) is 8. The first-order chi connectivity index (χ1) is 11.7. The first-order valence-corrected chi connectivity index (χ1v) is 7.30. The number of anilines is 1. The molecular formula is C16H17N5O3. The van der Waals surface area contributed by atoms with Gasteiger partial charge in [0.1, 0.15) is 17.3 Å². The molecule has 1 unspecified atom stereocenters. The van der Waals surface area contributed by atoms with Crippen LogP contribution in [0.2, 0.25) is 0 Å². The van der Waals surface area contributed by atoms with Crippen molar-refractivity contribution < 1.29 is 14.0 Å². The fourth-order valence-corrected chi connectivity index (χ4v) is 2.12. The van der Waals surface area contributed by atoms with Gasteiger partial charge in [-0.05, 0) is 25.1 Å². The second-order valence-corrected chi connectivity index (χ2v) is 5.00. The second-order valence-electron chi connectivity index (χ2n) is 5.00. The van der Waals surface area contributed by atoms with Crippen LogP contribution in [-0.2, 0) is 0 Å². The Bertz CT molecular complexity index is 784. The van der Waals surface area contributed by atoms with E-state index in [2.05, 4.69) is 25.4 Å². The standard InChI is InChI=1S/C16H17N5O3/c1-10(14-17-5-4-6-18-14)19-16-20-15(21-24-16)11-7-12(22-2)9-13(8-11)23-3/h4-10H,1-3H3,(H,19,20,21). The maximum Gasteiger partial charge on any atom is 0.322 e. The number of nitrogens with one attached hydrogen (secondary N) is 1. The summed E-state index contributed by atoms with van der Waals surface area (Å²) >= 11 is 0. The fraction of sp³-hybridized carbons (Fsp3) is 0.250. The minimum atomic E-state index is -0.167. The quantitative estimate of drug-likeness (QED) is 0.738. The largest absolute Gasteiger partial charge is 0.497 e. The molecule has 8 nitrogen and oxygen atoms in total. The molecule has 0 radical (unpaired) electrons. The minimum absolute atomic E-state index is 0.167. The van der Waals surface area contributed by atoms with Gasteiger partial charge in [0.15, 0.2) is 0 Å². The first-order valence-electron chi connectivity index (χ1n) is 7.30. The van der Waals surface area contributed by atoms with Crippen LogP contribution in [0.15, 0.2) is 41.2 Å². The van der Waals surface area contributed by atoms with Crippen LogP contribution in [0.4, 0.5) is 6.01 Å². The van der Waals surface area contributed by atoms with E-state index >= 15 is 0 Å². The lowest BCUT2D eigenvalue weighted by Crippen LogP contribution is -2.10. The molecule has 1 N–H and O–H groups in total. The Kier molecular flexibility index (Phi) is 4.55.